The van der Waals surface area contributed by atoms with Gasteiger partial charge in [0, 0.05) is 30.0 Å². The molecule has 0 saturated heterocycles. The number of aromatic nitrogens is 2. The summed E-state index contributed by atoms with van der Waals surface area (Å²) in [7, 11) is 0. The lowest BCUT2D eigenvalue weighted by Crippen LogP contribution is -2.33. The quantitative estimate of drug-likeness (QED) is 0.423. The number of hydrogen-bond acceptors (Lipinski definition) is 4. The van der Waals surface area contributed by atoms with Gasteiger partial charge in [0.2, 0.25) is 0 Å². The number of halogens is 2. The fourth-order valence-electron chi connectivity index (χ4n) is 4.47. The second-order valence-electron chi connectivity index (χ2n) is 8.53. The number of nitrogens with zero attached hydrogens (tertiary/aromatic N) is 2. The molecule has 1 aliphatic rings. The number of benzene rings is 1. The summed E-state index contributed by atoms with van der Waals surface area (Å²) in [6.07, 6.45) is 7.65. The maximum absolute atomic E-state index is 13.4. The lowest BCUT2D eigenvalue weighted by atomic mass is 9.83. The highest BCUT2D eigenvalue weighted by Gasteiger charge is 2.21. The largest absolute Gasteiger partial charge is 0.366 e. The molecule has 1 aliphatic carbocycles. The highest BCUT2D eigenvalue weighted by atomic mass is 35.5. The first-order valence-electron chi connectivity index (χ1n) is 11.4. The number of anilines is 1. The Morgan fingerprint density at radius 2 is 1.88 bits per heavy atom. The second kappa shape index (κ2) is 10.9. The Kier molecular flexibility index (Phi) is 7.72. The Balaban J connectivity index is 1.43. The predicted molar refractivity (Wildman–Crippen MR) is 129 cm³/mol. The lowest BCUT2D eigenvalue weighted by Gasteiger charge is -2.28. The fraction of sp³-hybridized carbons (Fsp3) is 0.385. The maximum atomic E-state index is 13.4. The molecule has 4 rings (SSSR count). The van der Waals surface area contributed by atoms with Gasteiger partial charge in [0.15, 0.2) is 0 Å². The van der Waals surface area contributed by atoms with Crippen LogP contribution in [0.15, 0.2) is 54.7 Å². The van der Waals surface area contributed by atoms with E-state index >= 15 is 0 Å². The molecule has 1 aromatic carbocycles. The first-order chi connectivity index (χ1) is 15.6. The third-order valence-electron chi connectivity index (χ3n) is 6.14. The van der Waals surface area contributed by atoms with Crippen LogP contribution in [-0.2, 0) is 13.0 Å². The highest BCUT2D eigenvalue weighted by Crippen LogP contribution is 2.31. The molecule has 2 N–H and O–H groups in total. The maximum Gasteiger partial charge on any atom is 0.126 e. The van der Waals surface area contributed by atoms with E-state index in [4.69, 9.17) is 16.6 Å². The van der Waals surface area contributed by atoms with E-state index in [0.29, 0.717) is 23.5 Å². The molecular weight excluding hydrogens is 423 g/mol. The van der Waals surface area contributed by atoms with Crippen LogP contribution in [0.5, 0.6) is 0 Å². The van der Waals surface area contributed by atoms with Crippen molar-refractivity contribution in [1.29, 1.82) is 0 Å². The van der Waals surface area contributed by atoms with E-state index < -0.39 is 0 Å². The first-order valence-corrected chi connectivity index (χ1v) is 11.8. The van der Waals surface area contributed by atoms with E-state index in [0.717, 1.165) is 41.3 Å². The Hall–Kier alpha value is -2.50. The van der Waals surface area contributed by atoms with E-state index in [1.54, 1.807) is 12.3 Å². The third-order valence-corrected chi connectivity index (χ3v) is 6.44. The predicted octanol–water partition coefficient (Wildman–Crippen LogP) is 6.26. The van der Waals surface area contributed by atoms with Gasteiger partial charge in [0.25, 0.3) is 0 Å². The minimum Gasteiger partial charge on any atom is -0.366 e. The Morgan fingerprint density at radius 3 is 2.66 bits per heavy atom. The summed E-state index contributed by atoms with van der Waals surface area (Å²) >= 11 is 6.50. The van der Waals surface area contributed by atoms with Crippen molar-refractivity contribution in [3.63, 3.8) is 0 Å². The van der Waals surface area contributed by atoms with Crippen molar-refractivity contribution in [2.24, 2.45) is 5.92 Å². The number of hydrogen-bond donors (Lipinski definition) is 2. The van der Waals surface area contributed by atoms with E-state index in [1.807, 2.05) is 24.3 Å². The average Bonchev–Trinajstić information content (AvgIpc) is 2.81. The van der Waals surface area contributed by atoms with Crippen LogP contribution in [0.3, 0.4) is 0 Å². The molecule has 6 heteroatoms. The monoisotopic (exact) mass is 452 g/mol. The third kappa shape index (κ3) is 6.05. The molecular formula is C26H30ClFN4. The summed E-state index contributed by atoms with van der Waals surface area (Å²) in [4.78, 5) is 9.33. The number of pyridine rings is 2. The summed E-state index contributed by atoms with van der Waals surface area (Å²) in [5.74, 6) is 1.15. The highest BCUT2D eigenvalue weighted by molar-refractivity contribution is 6.33. The molecule has 1 saturated carbocycles. The smallest absolute Gasteiger partial charge is 0.126 e. The summed E-state index contributed by atoms with van der Waals surface area (Å²) in [5, 5.41) is 7.44. The van der Waals surface area contributed by atoms with Gasteiger partial charge in [-0.05, 0) is 80.5 Å². The van der Waals surface area contributed by atoms with Crippen molar-refractivity contribution in [3.8, 4) is 11.3 Å². The van der Waals surface area contributed by atoms with Gasteiger partial charge in [-0.3, -0.25) is 4.98 Å². The Morgan fingerprint density at radius 1 is 1.06 bits per heavy atom. The molecule has 0 aliphatic heterocycles. The molecule has 0 bridgehead atoms. The van der Waals surface area contributed by atoms with Crippen LogP contribution < -0.4 is 10.6 Å². The van der Waals surface area contributed by atoms with Gasteiger partial charge in [-0.25, -0.2) is 9.37 Å². The molecule has 2 aromatic heterocycles. The van der Waals surface area contributed by atoms with Crippen LogP contribution in [0.4, 0.5) is 10.2 Å². The van der Waals surface area contributed by atoms with Gasteiger partial charge in [0.05, 0.1) is 10.7 Å². The van der Waals surface area contributed by atoms with E-state index in [-0.39, 0.29) is 5.82 Å². The van der Waals surface area contributed by atoms with Crippen molar-refractivity contribution >= 4 is 17.4 Å². The van der Waals surface area contributed by atoms with Gasteiger partial charge in [-0.2, -0.15) is 0 Å². The molecule has 4 nitrogen and oxygen atoms in total. The fourth-order valence-corrected chi connectivity index (χ4v) is 4.67. The van der Waals surface area contributed by atoms with E-state index in [9.17, 15) is 4.39 Å². The van der Waals surface area contributed by atoms with Crippen molar-refractivity contribution < 1.29 is 4.39 Å². The minimum absolute atomic E-state index is 0.239. The molecule has 0 atom stereocenters. The van der Waals surface area contributed by atoms with Gasteiger partial charge in [-0.15, -0.1) is 0 Å². The van der Waals surface area contributed by atoms with Crippen LogP contribution in [0.1, 0.15) is 43.9 Å². The number of nitrogens with one attached hydrogen (secondary N) is 2. The van der Waals surface area contributed by atoms with Crippen molar-refractivity contribution in [1.82, 2.24) is 15.3 Å². The molecule has 1 fully saturated rings. The van der Waals surface area contributed by atoms with Crippen LogP contribution in [0, 0.1) is 11.7 Å². The summed E-state index contributed by atoms with van der Waals surface area (Å²) in [6, 6.07) is 15.1. The zero-order valence-electron chi connectivity index (χ0n) is 18.5. The van der Waals surface area contributed by atoms with Gasteiger partial charge in [-0.1, -0.05) is 36.7 Å². The van der Waals surface area contributed by atoms with E-state index in [2.05, 4.69) is 28.6 Å². The zero-order valence-corrected chi connectivity index (χ0v) is 19.2. The van der Waals surface area contributed by atoms with E-state index in [1.165, 1.54) is 37.8 Å². The van der Waals surface area contributed by atoms with Crippen LogP contribution >= 0.6 is 11.6 Å². The molecule has 168 valence electrons. The molecule has 0 radical (unpaired) electrons. The zero-order chi connectivity index (χ0) is 22.3. The molecule has 0 spiro atoms. The molecule has 3 aromatic rings. The van der Waals surface area contributed by atoms with Crippen LogP contribution in [-0.4, -0.2) is 22.6 Å². The molecule has 0 amide bonds. The van der Waals surface area contributed by atoms with Gasteiger partial charge < -0.3 is 10.6 Å². The first kappa shape index (κ1) is 22.7. The Bertz CT molecular complexity index is 1030. The molecule has 0 unspecified atom stereocenters. The minimum atomic E-state index is -0.239. The lowest BCUT2D eigenvalue weighted by molar-refractivity contribution is 0.292. The van der Waals surface area contributed by atoms with Crippen molar-refractivity contribution in [3.05, 3.63) is 76.8 Å². The Labute approximate surface area is 194 Å². The summed E-state index contributed by atoms with van der Waals surface area (Å²) in [6.45, 7) is 3.71. The normalized spacial score (nSPS) is 18.5. The second-order valence-corrected chi connectivity index (χ2v) is 8.93. The summed E-state index contributed by atoms with van der Waals surface area (Å²) in [5.41, 5.74) is 3.63. The topological polar surface area (TPSA) is 49.8 Å². The van der Waals surface area contributed by atoms with Crippen molar-refractivity contribution in [2.75, 3.05) is 11.9 Å². The van der Waals surface area contributed by atoms with Gasteiger partial charge >= 0.3 is 0 Å². The number of rotatable bonds is 8. The average molecular weight is 453 g/mol. The van der Waals surface area contributed by atoms with Gasteiger partial charge in [0.1, 0.15) is 11.6 Å². The van der Waals surface area contributed by atoms with Crippen LogP contribution in [0.2, 0.25) is 5.02 Å². The van der Waals surface area contributed by atoms with Crippen LogP contribution in [0.25, 0.3) is 11.3 Å². The standard InChI is InChI=1S/C26H30ClFN4/c1-2-29-21-11-9-18(10-12-21)14-22-15-23(24(27)17-30-22)25-7-4-8-26(32-25)31-16-19-5-3-6-20(28)13-19/h3-8,13,15,17-18,21,29H,2,9-12,14,16H2,1H3,(H,31,32). The molecule has 32 heavy (non-hydrogen) atoms. The summed E-state index contributed by atoms with van der Waals surface area (Å²) < 4.78 is 13.4. The SMILES string of the molecule is CCNC1CCC(Cc2cc(-c3cccc(NCc4cccc(F)c4)n3)c(Cl)cn2)CC1. The van der Waals surface area contributed by atoms with Crippen molar-refractivity contribution in [2.45, 2.75) is 51.6 Å². The molecule has 2 heterocycles.